The lowest BCUT2D eigenvalue weighted by Crippen LogP contribution is -2.42. The lowest BCUT2D eigenvalue weighted by Gasteiger charge is -2.42. The Balaban J connectivity index is 1.13. The zero-order valence-electron chi connectivity index (χ0n) is 27.7. The van der Waals surface area contributed by atoms with Crippen LogP contribution in [-0.2, 0) is 19.3 Å². The van der Waals surface area contributed by atoms with E-state index in [-0.39, 0.29) is 0 Å². The Labute approximate surface area is 285 Å². The second-order valence-corrected chi connectivity index (χ2v) is 14.7. The molecule has 3 aromatic carbocycles. The van der Waals surface area contributed by atoms with Gasteiger partial charge in [-0.2, -0.15) is 0 Å². The molecule has 0 bridgehead atoms. The van der Waals surface area contributed by atoms with Crippen molar-refractivity contribution in [1.82, 2.24) is 4.98 Å². The number of aromatic nitrogens is 1. The Hall–Kier alpha value is -4.63. The number of aryl methyl sites for hydroxylation is 3. The molecule has 10 rings (SSSR count). The Morgan fingerprint density at radius 2 is 1.50 bits per heavy atom. The van der Waals surface area contributed by atoms with E-state index >= 15 is 0 Å². The molecule has 4 aromatic rings. The van der Waals surface area contributed by atoms with Gasteiger partial charge >= 0.3 is 0 Å². The topological polar surface area (TPSA) is 19.4 Å². The Morgan fingerprint density at radius 3 is 2.44 bits per heavy atom. The van der Waals surface area contributed by atoms with E-state index in [1.54, 1.807) is 16.7 Å². The largest absolute Gasteiger partial charge is 0.333 e. The first-order chi connectivity index (χ1) is 23.8. The van der Waals surface area contributed by atoms with Crippen molar-refractivity contribution >= 4 is 34.5 Å². The van der Waals surface area contributed by atoms with Crippen molar-refractivity contribution in [3.63, 3.8) is 0 Å². The van der Waals surface area contributed by atoms with Crippen LogP contribution in [0.3, 0.4) is 0 Å². The van der Waals surface area contributed by atoms with E-state index in [1.807, 2.05) is 0 Å². The van der Waals surface area contributed by atoms with Crippen molar-refractivity contribution in [3.8, 4) is 0 Å². The van der Waals surface area contributed by atoms with Crippen LogP contribution in [0.5, 0.6) is 0 Å². The number of rotatable bonds is 3. The quantitative estimate of drug-likeness (QED) is 0.226. The molecule has 4 atom stereocenters. The van der Waals surface area contributed by atoms with E-state index < -0.39 is 0 Å². The maximum atomic E-state index is 5.52. The predicted molar refractivity (Wildman–Crippen MR) is 199 cm³/mol. The van der Waals surface area contributed by atoms with Gasteiger partial charge in [-0.1, -0.05) is 91.7 Å². The van der Waals surface area contributed by atoms with E-state index in [4.69, 9.17) is 4.98 Å². The average Bonchev–Trinajstić information content (AvgIpc) is 3.44. The van der Waals surface area contributed by atoms with Gasteiger partial charge < -0.3 is 9.80 Å². The van der Waals surface area contributed by atoms with Crippen molar-refractivity contribution in [2.45, 2.75) is 76.3 Å². The van der Waals surface area contributed by atoms with E-state index in [2.05, 4.69) is 125 Å². The zero-order chi connectivity index (χ0) is 31.6. The molecule has 0 amide bonds. The molecule has 3 heteroatoms. The van der Waals surface area contributed by atoms with Crippen molar-refractivity contribution < 1.29 is 0 Å². The third kappa shape index (κ3) is 4.50. The average molecular weight is 626 g/mol. The zero-order valence-corrected chi connectivity index (χ0v) is 27.7. The standard InChI is InChI=1S/C45H43N3/c1-2-12-30(13-3-1)33-23-26-39-34(28-33)24-27-43(46-39)48-41-20-10-7-17-37(41)44-36-16-6-9-19-40(36)47(45(44)38-18-8-11-21-42(38)48)35-25-22-31-14-4-5-15-32(31)29-35/h1-3,6,8-9,11-13,16,18-19,21-22,24-25,27-29,36-37,40-41H,4-5,7,10,14-15,17,20,23,26H2. The van der Waals surface area contributed by atoms with Gasteiger partial charge in [0.15, 0.2) is 0 Å². The normalized spacial score (nSPS) is 25.3. The molecule has 0 N–H and O–H groups in total. The number of hydrogen-bond acceptors (Lipinski definition) is 3. The van der Waals surface area contributed by atoms with Crippen LogP contribution in [0.1, 0.15) is 78.5 Å². The minimum absolute atomic E-state index is 0.316. The lowest BCUT2D eigenvalue weighted by atomic mass is 9.73. The van der Waals surface area contributed by atoms with Gasteiger partial charge in [0.25, 0.3) is 0 Å². The first-order valence-corrected chi connectivity index (χ1v) is 18.5. The summed E-state index contributed by atoms with van der Waals surface area (Å²) in [4.78, 5) is 10.9. The van der Waals surface area contributed by atoms with Crippen LogP contribution in [0.25, 0.3) is 17.3 Å². The van der Waals surface area contributed by atoms with Crippen LogP contribution in [0, 0.1) is 11.8 Å². The second-order valence-electron chi connectivity index (χ2n) is 14.7. The van der Waals surface area contributed by atoms with Gasteiger partial charge in [0.1, 0.15) is 5.82 Å². The summed E-state index contributed by atoms with van der Waals surface area (Å²) in [6, 6.07) is 32.9. The Bertz CT molecular complexity index is 2030. The van der Waals surface area contributed by atoms with Gasteiger partial charge in [-0.25, -0.2) is 4.98 Å². The number of hydrogen-bond donors (Lipinski definition) is 0. The highest BCUT2D eigenvalue weighted by Gasteiger charge is 2.49. The van der Waals surface area contributed by atoms with Crippen LogP contribution >= 0.6 is 0 Å². The number of allylic oxidation sites excluding steroid dienone is 3. The van der Waals surface area contributed by atoms with Gasteiger partial charge in [-0.15, -0.1) is 0 Å². The molecule has 4 aliphatic carbocycles. The van der Waals surface area contributed by atoms with Crippen LogP contribution in [0.4, 0.5) is 17.2 Å². The van der Waals surface area contributed by atoms with Gasteiger partial charge in [-0.05, 0) is 121 Å². The van der Waals surface area contributed by atoms with Crippen molar-refractivity contribution in [2.24, 2.45) is 11.8 Å². The van der Waals surface area contributed by atoms with Crippen LogP contribution in [0.2, 0.25) is 0 Å². The molecule has 238 valence electrons. The summed E-state index contributed by atoms with van der Waals surface area (Å²) >= 11 is 0. The minimum atomic E-state index is 0.316. The number of nitrogens with zero attached hydrogens (tertiary/aromatic N) is 3. The molecule has 6 aliphatic rings. The fourth-order valence-corrected chi connectivity index (χ4v) is 9.95. The molecule has 1 fully saturated rings. The molecule has 2 aliphatic heterocycles. The Morgan fingerprint density at radius 1 is 0.667 bits per heavy atom. The summed E-state index contributed by atoms with van der Waals surface area (Å²) in [5.74, 6) is 1.99. The number of benzene rings is 3. The van der Waals surface area contributed by atoms with Crippen LogP contribution in [-0.4, -0.2) is 17.1 Å². The summed E-state index contributed by atoms with van der Waals surface area (Å²) in [7, 11) is 0. The summed E-state index contributed by atoms with van der Waals surface area (Å²) in [6.07, 6.45) is 24.0. The smallest absolute Gasteiger partial charge is 0.133 e. The van der Waals surface area contributed by atoms with Gasteiger partial charge in [0.2, 0.25) is 0 Å². The lowest BCUT2D eigenvalue weighted by molar-refractivity contribution is 0.331. The first-order valence-electron chi connectivity index (χ1n) is 18.5. The maximum absolute atomic E-state index is 5.52. The first kappa shape index (κ1) is 28.4. The molecule has 1 aromatic heterocycles. The summed E-state index contributed by atoms with van der Waals surface area (Å²) in [5, 5.41) is 0. The fourth-order valence-electron chi connectivity index (χ4n) is 9.95. The molecule has 0 spiro atoms. The number of fused-ring (bicyclic) bond motifs is 8. The van der Waals surface area contributed by atoms with Gasteiger partial charge in [-0.3, -0.25) is 0 Å². The molecule has 4 unspecified atom stereocenters. The molecule has 1 saturated carbocycles. The molecule has 0 saturated heterocycles. The van der Waals surface area contributed by atoms with Crippen molar-refractivity contribution in [1.29, 1.82) is 0 Å². The van der Waals surface area contributed by atoms with Crippen molar-refractivity contribution in [2.75, 3.05) is 9.80 Å². The molecular formula is C45H43N3. The molecular weight excluding hydrogens is 583 g/mol. The van der Waals surface area contributed by atoms with E-state index in [1.165, 1.54) is 96.4 Å². The Kier molecular flexibility index (Phi) is 6.81. The summed E-state index contributed by atoms with van der Waals surface area (Å²) in [6.45, 7) is 0. The third-order valence-corrected chi connectivity index (χ3v) is 12.1. The van der Waals surface area contributed by atoms with E-state index in [9.17, 15) is 0 Å². The highest BCUT2D eigenvalue weighted by Crippen LogP contribution is 2.56. The third-order valence-electron chi connectivity index (χ3n) is 12.1. The predicted octanol–water partition coefficient (Wildman–Crippen LogP) is 10.5. The van der Waals surface area contributed by atoms with Gasteiger partial charge in [0, 0.05) is 29.1 Å². The van der Waals surface area contributed by atoms with E-state index in [0.29, 0.717) is 23.9 Å². The van der Waals surface area contributed by atoms with Gasteiger partial charge in [0.05, 0.1) is 23.1 Å². The van der Waals surface area contributed by atoms with Crippen LogP contribution in [0.15, 0.2) is 115 Å². The highest BCUT2D eigenvalue weighted by molar-refractivity contribution is 5.94. The molecule has 3 heterocycles. The fraction of sp³-hybridized carbons (Fsp3) is 0.311. The summed E-state index contributed by atoms with van der Waals surface area (Å²) in [5.41, 5.74) is 15.5. The molecule has 0 radical (unpaired) electrons. The number of pyridine rings is 1. The number of anilines is 3. The molecule has 3 nitrogen and oxygen atoms in total. The van der Waals surface area contributed by atoms with Crippen molar-refractivity contribution in [3.05, 3.63) is 148 Å². The van der Waals surface area contributed by atoms with Crippen LogP contribution < -0.4 is 9.80 Å². The number of para-hydroxylation sites is 1. The maximum Gasteiger partial charge on any atom is 0.133 e. The van der Waals surface area contributed by atoms with E-state index in [0.717, 1.165) is 18.7 Å². The SMILES string of the molecule is C1=CC2C3=C(c4ccccc4N(c4ccc5c(n4)CCC(c4ccccc4)=C5)C4CCCCC34)N(c3ccc4c(c3)CCCC4)C2C=C1. The second kappa shape index (κ2) is 11.5. The summed E-state index contributed by atoms with van der Waals surface area (Å²) < 4.78 is 0. The molecule has 48 heavy (non-hydrogen) atoms. The monoisotopic (exact) mass is 625 g/mol. The highest BCUT2D eigenvalue weighted by atomic mass is 15.3. The minimum Gasteiger partial charge on any atom is -0.333 e.